The van der Waals surface area contributed by atoms with E-state index in [9.17, 15) is 9.59 Å². The number of carbonyl (C=O) groups excluding carboxylic acids is 2. The van der Waals surface area contributed by atoms with Crippen LogP contribution in [0.15, 0.2) is 18.2 Å². The second-order valence-corrected chi connectivity index (χ2v) is 5.05. The Morgan fingerprint density at radius 2 is 1.94 bits per heavy atom. The van der Waals surface area contributed by atoms with Gasteiger partial charge in [-0.25, -0.2) is 0 Å². The van der Waals surface area contributed by atoms with Gasteiger partial charge < -0.3 is 16.8 Å². The number of carbonyl (C=O) groups is 2. The van der Waals surface area contributed by atoms with Crippen LogP contribution in [0.1, 0.15) is 36.2 Å². The van der Waals surface area contributed by atoms with E-state index in [4.69, 9.17) is 11.5 Å². The molecule has 1 rings (SSSR count). The van der Waals surface area contributed by atoms with E-state index in [1.807, 2.05) is 6.92 Å². The molecule has 5 heteroatoms. The van der Waals surface area contributed by atoms with Crippen LogP contribution >= 0.6 is 0 Å². The lowest BCUT2D eigenvalue weighted by Crippen LogP contribution is -2.46. The summed E-state index contributed by atoms with van der Waals surface area (Å²) in [5.41, 5.74) is 12.1. The van der Waals surface area contributed by atoms with Crippen LogP contribution in [-0.4, -0.2) is 17.4 Å². The van der Waals surface area contributed by atoms with Crippen molar-refractivity contribution >= 4 is 17.5 Å². The average molecular weight is 249 g/mol. The molecule has 0 saturated carbocycles. The van der Waals surface area contributed by atoms with Gasteiger partial charge in [0.1, 0.15) is 0 Å². The topological polar surface area (TPSA) is 98.2 Å². The zero-order chi connectivity index (χ0) is 13.9. The maximum absolute atomic E-state index is 12.0. The largest absolute Gasteiger partial charge is 0.399 e. The molecular weight excluding hydrogens is 230 g/mol. The van der Waals surface area contributed by atoms with E-state index in [1.54, 1.807) is 32.0 Å². The molecule has 0 aliphatic rings. The third kappa shape index (κ3) is 3.76. The summed E-state index contributed by atoms with van der Waals surface area (Å²) in [5.74, 6) is -0.696. The molecule has 0 atom stereocenters. The Morgan fingerprint density at radius 3 is 2.44 bits per heavy atom. The van der Waals surface area contributed by atoms with Crippen molar-refractivity contribution in [2.24, 2.45) is 5.73 Å². The Bertz CT molecular complexity index is 481. The number of nitrogens with two attached hydrogens (primary N) is 2. The van der Waals surface area contributed by atoms with E-state index in [2.05, 4.69) is 5.32 Å². The standard InChI is InChI=1S/C13H19N3O2/c1-8-6-9(4-5-10(8)14)12(18)16-13(2,3)7-11(15)17/h4-6H,7,14H2,1-3H3,(H2,15,17)(H,16,18). The van der Waals surface area contributed by atoms with Gasteiger partial charge in [0.2, 0.25) is 5.91 Å². The van der Waals surface area contributed by atoms with Gasteiger partial charge in [0.15, 0.2) is 0 Å². The fraction of sp³-hybridized carbons (Fsp3) is 0.385. The Balaban J connectivity index is 2.82. The quantitative estimate of drug-likeness (QED) is 0.693. The van der Waals surface area contributed by atoms with Crippen molar-refractivity contribution in [3.05, 3.63) is 29.3 Å². The fourth-order valence-electron chi connectivity index (χ4n) is 1.68. The van der Waals surface area contributed by atoms with E-state index in [-0.39, 0.29) is 12.3 Å². The summed E-state index contributed by atoms with van der Waals surface area (Å²) in [6.45, 7) is 5.33. The lowest BCUT2D eigenvalue weighted by Gasteiger charge is -2.24. The van der Waals surface area contributed by atoms with Crippen LogP contribution in [-0.2, 0) is 4.79 Å². The fourth-order valence-corrected chi connectivity index (χ4v) is 1.68. The normalized spacial score (nSPS) is 11.1. The van der Waals surface area contributed by atoms with E-state index in [0.717, 1.165) is 5.56 Å². The zero-order valence-electron chi connectivity index (χ0n) is 10.9. The molecule has 0 aliphatic heterocycles. The van der Waals surface area contributed by atoms with Crippen molar-refractivity contribution in [3.63, 3.8) is 0 Å². The predicted octanol–water partition coefficient (Wildman–Crippen LogP) is 0.961. The molecule has 0 bridgehead atoms. The second-order valence-electron chi connectivity index (χ2n) is 5.05. The number of rotatable bonds is 4. The van der Waals surface area contributed by atoms with Crippen LogP contribution in [0, 0.1) is 6.92 Å². The molecule has 1 aromatic carbocycles. The van der Waals surface area contributed by atoms with Gasteiger partial charge in [-0.15, -0.1) is 0 Å². The first kappa shape index (κ1) is 14.0. The molecule has 0 spiro atoms. The van der Waals surface area contributed by atoms with Gasteiger partial charge >= 0.3 is 0 Å². The van der Waals surface area contributed by atoms with Gasteiger partial charge in [0, 0.05) is 23.2 Å². The number of hydrogen-bond donors (Lipinski definition) is 3. The molecule has 0 heterocycles. The molecule has 0 radical (unpaired) electrons. The maximum atomic E-state index is 12.0. The van der Waals surface area contributed by atoms with E-state index in [0.29, 0.717) is 11.3 Å². The van der Waals surface area contributed by atoms with Crippen molar-refractivity contribution in [3.8, 4) is 0 Å². The highest BCUT2D eigenvalue weighted by Crippen LogP contribution is 2.14. The van der Waals surface area contributed by atoms with E-state index in [1.165, 1.54) is 0 Å². The first-order valence-corrected chi connectivity index (χ1v) is 5.68. The van der Waals surface area contributed by atoms with Crippen molar-refractivity contribution < 1.29 is 9.59 Å². The second kappa shape index (κ2) is 5.08. The molecule has 5 nitrogen and oxygen atoms in total. The summed E-state index contributed by atoms with van der Waals surface area (Å²) in [6.07, 6.45) is 0.0900. The van der Waals surface area contributed by atoms with Crippen LogP contribution < -0.4 is 16.8 Å². The first-order chi connectivity index (χ1) is 8.21. The van der Waals surface area contributed by atoms with Gasteiger partial charge in [-0.1, -0.05) is 0 Å². The highest BCUT2D eigenvalue weighted by atomic mass is 16.2. The number of aryl methyl sites for hydroxylation is 1. The molecule has 5 N–H and O–H groups in total. The van der Waals surface area contributed by atoms with Gasteiger partial charge in [0.25, 0.3) is 5.91 Å². The SMILES string of the molecule is Cc1cc(C(=O)NC(C)(C)CC(N)=O)ccc1N. The lowest BCUT2D eigenvalue weighted by atomic mass is 9.99. The number of benzene rings is 1. The van der Waals surface area contributed by atoms with Crippen molar-refractivity contribution in [1.29, 1.82) is 0 Å². The molecule has 0 unspecified atom stereocenters. The first-order valence-electron chi connectivity index (χ1n) is 5.68. The number of primary amides is 1. The predicted molar refractivity (Wildman–Crippen MR) is 70.9 cm³/mol. The Kier molecular flexibility index (Phi) is 3.96. The molecule has 0 aromatic heterocycles. The van der Waals surface area contributed by atoms with Crippen molar-refractivity contribution in [2.45, 2.75) is 32.7 Å². The Morgan fingerprint density at radius 1 is 1.33 bits per heavy atom. The number of nitrogens with one attached hydrogen (secondary N) is 1. The minimum absolute atomic E-state index is 0.0900. The molecule has 0 aliphatic carbocycles. The molecule has 2 amide bonds. The zero-order valence-corrected chi connectivity index (χ0v) is 10.9. The number of nitrogen functional groups attached to an aromatic ring is 1. The minimum Gasteiger partial charge on any atom is -0.399 e. The van der Waals surface area contributed by atoms with Crippen LogP contribution in [0.4, 0.5) is 5.69 Å². The van der Waals surface area contributed by atoms with Gasteiger partial charge in [-0.2, -0.15) is 0 Å². The minimum atomic E-state index is -0.668. The molecule has 0 saturated heterocycles. The number of hydrogen-bond acceptors (Lipinski definition) is 3. The van der Waals surface area contributed by atoms with Gasteiger partial charge in [-0.3, -0.25) is 9.59 Å². The molecular formula is C13H19N3O2. The van der Waals surface area contributed by atoms with Crippen molar-refractivity contribution in [1.82, 2.24) is 5.32 Å². The highest BCUT2D eigenvalue weighted by Gasteiger charge is 2.23. The summed E-state index contributed by atoms with van der Waals surface area (Å²) >= 11 is 0. The summed E-state index contributed by atoms with van der Waals surface area (Å²) in [5, 5.41) is 2.77. The van der Waals surface area contributed by atoms with Crippen LogP contribution in [0.3, 0.4) is 0 Å². The molecule has 18 heavy (non-hydrogen) atoms. The summed E-state index contributed by atoms with van der Waals surface area (Å²) in [7, 11) is 0. The highest BCUT2D eigenvalue weighted by molar-refractivity contribution is 5.95. The van der Waals surface area contributed by atoms with Crippen LogP contribution in [0.5, 0.6) is 0 Å². The lowest BCUT2D eigenvalue weighted by molar-refractivity contribution is -0.119. The summed E-state index contributed by atoms with van der Waals surface area (Å²) < 4.78 is 0. The smallest absolute Gasteiger partial charge is 0.251 e. The third-order valence-corrected chi connectivity index (χ3v) is 2.60. The molecule has 1 aromatic rings. The number of amides is 2. The average Bonchev–Trinajstić information content (AvgIpc) is 2.19. The molecule has 98 valence electrons. The van der Waals surface area contributed by atoms with Crippen LogP contribution in [0.2, 0.25) is 0 Å². The third-order valence-electron chi connectivity index (χ3n) is 2.60. The van der Waals surface area contributed by atoms with Gasteiger partial charge in [-0.05, 0) is 44.5 Å². The van der Waals surface area contributed by atoms with Crippen LogP contribution in [0.25, 0.3) is 0 Å². The Labute approximate surface area is 107 Å². The van der Waals surface area contributed by atoms with Crippen molar-refractivity contribution in [2.75, 3.05) is 5.73 Å². The van der Waals surface area contributed by atoms with Gasteiger partial charge in [0.05, 0.1) is 0 Å². The Hall–Kier alpha value is -2.04. The van der Waals surface area contributed by atoms with E-state index >= 15 is 0 Å². The monoisotopic (exact) mass is 249 g/mol. The van der Waals surface area contributed by atoms with E-state index < -0.39 is 11.4 Å². The summed E-state index contributed by atoms with van der Waals surface area (Å²) in [6, 6.07) is 5.05. The molecule has 0 fully saturated rings. The summed E-state index contributed by atoms with van der Waals surface area (Å²) in [4.78, 5) is 22.9. The maximum Gasteiger partial charge on any atom is 0.251 e. The number of anilines is 1.